The van der Waals surface area contributed by atoms with E-state index in [1.807, 2.05) is 20.8 Å². The van der Waals surface area contributed by atoms with Gasteiger partial charge in [0.05, 0.1) is 17.6 Å². The van der Waals surface area contributed by atoms with Gasteiger partial charge in [0.1, 0.15) is 5.82 Å². The number of aromatic nitrogens is 5. The molecule has 10 nitrogen and oxygen atoms in total. The van der Waals surface area contributed by atoms with Gasteiger partial charge in [-0.2, -0.15) is 31.1 Å². The third kappa shape index (κ3) is 7.71. The van der Waals surface area contributed by atoms with Crippen molar-refractivity contribution in [2.75, 3.05) is 5.32 Å². The molecule has 0 spiro atoms. The molecule has 0 saturated carbocycles. The largest absolute Gasteiger partial charge is 0.490 e. The number of anilines is 1. The molecule has 2 heterocycles. The van der Waals surface area contributed by atoms with Crippen molar-refractivity contribution in [2.24, 2.45) is 0 Å². The molecule has 0 fully saturated rings. The summed E-state index contributed by atoms with van der Waals surface area (Å²) >= 11 is 0. The molecule has 3 N–H and O–H groups in total. The van der Waals surface area contributed by atoms with Crippen molar-refractivity contribution in [1.82, 2.24) is 25.2 Å². The van der Waals surface area contributed by atoms with Crippen LogP contribution in [-0.2, 0) is 23.1 Å². The summed E-state index contributed by atoms with van der Waals surface area (Å²) in [7, 11) is 0. The average Bonchev–Trinajstić information content (AvgIpc) is 3.08. The summed E-state index contributed by atoms with van der Waals surface area (Å²) < 4.78 is 70.7. The molecule has 31 heavy (non-hydrogen) atoms. The Morgan fingerprint density at radius 3 is 2.00 bits per heavy atom. The van der Waals surface area contributed by atoms with Crippen molar-refractivity contribution in [3.63, 3.8) is 0 Å². The van der Waals surface area contributed by atoms with E-state index in [4.69, 9.17) is 15.0 Å². The zero-order valence-corrected chi connectivity index (χ0v) is 16.1. The van der Waals surface area contributed by atoms with Crippen LogP contribution in [0.2, 0.25) is 0 Å². The Hall–Kier alpha value is -3.46. The molecule has 0 aliphatic heterocycles. The van der Waals surface area contributed by atoms with Crippen molar-refractivity contribution in [3.8, 4) is 0 Å². The minimum Gasteiger partial charge on any atom is -0.477 e. The average molecular weight is 458 g/mol. The SMILES string of the molecule is CC(C)(C)n1nnc(CNc2nc(C(=O)O)ccc2C(F)(F)F)n1.O=C(O)C(F)(F)F. The number of pyridine rings is 1. The predicted octanol–water partition coefficient (Wildman–Crippen LogP) is 2.79. The highest BCUT2D eigenvalue weighted by molar-refractivity contribution is 5.86. The van der Waals surface area contributed by atoms with Gasteiger partial charge in [0.25, 0.3) is 0 Å². The van der Waals surface area contributed by atoms with Crippen LogP contribution in [0.4, 0.5) is 32.2 Å². The van der Waals surface area contributed by atoms with Crippen molar-refractivity contribution in [2.45, 2.75) is 45.2 Å². The molecule has 0 aromatic carbocycles. The summed E-state index contributed by atoms with van der Waals surface area (Å²) in [5, 5.41) is 30.0. The number of carboxylic acids is 2. The first kappa shape index (κ1) is 25.6. The van der Waals surface area contributed by atoms with Crippen LogP contribution in [0.25, 0.3) is 0 Å². The summed E-state index contributed by atoms with van der Waals surface area (Å²) in [6.07, 6.45) is -9.76. The molecule has 0 radical (unpaired) electrons. The summed E-state index contributed by atoms with van der Waals surface area (Å²) in [4.78, 5) is 24.6. The van der Waals surface area contributed by atoms with Crippen LogP contribution < -0.4 is 5.32 Å². The maximum atomic E-state index is 13.0. The van der Waals surface area contributed by atoms with E-state index in [1.54, 1.807) is 0 Å². The van der Waals surface area contributed by atoms with Gasteiger partial charge in [0.2, 0.25) is 0 Å². The molecule has 0 aliphatic carbocycles. The van der Waals surface area contributed by atoms with Gasteiger partial charge in [-0.3, -0.25) is 0 Å². The molecule has 2 rings (SSSR count). The molecule has 0 amide bonds. The van der Waals surface area contributed by atoms with E-state index < -0.39 is 46.9 Å². The van der Waals surface area contributed by atoms with Crippen LogP contribution >= 0.6 is 0 Å². The van der Waals surface area contributed by atoms with Gasteiger partial charge in [-0.05, 0) is 38.1 Å². The van der Waals surface area contributed by atoms with Gasteiger partial charge in [-0.25, -0.2) is 14.6 Å². The molecule has 0 bridgehead atoms. The number of rotatable bonds is 4. The lowest BCUT2D eigenvalue weighted by atomic mass is 10.1. The second kappa shape index (κ2) is 9.13. The fraction of sp³-hybridized carbons (Fsp3) is 0.467. The molecular weight excluding hydrogens is 442 g/mol. The highest BCUT2D eigenvalue weighted by Crippen LogP contribution is 2.34. The van der Waals surface area contributed by atoms with Gasteiger partial charge in [0, 0.05) is 0 Å². The van der Waals surface area contributed by atoms with E-state index in [0.29, 0.717) is 6.07 Å². The second-order valence-electron chi connectivity index (χ2n) is 6.72. The number of hydrogen-bond donors (Lipinski definition) is 3. The summed E-state index contributed by atoms with van der Waals surface area (Å²) in [5.41, 5.74) is -2.00. The Balaban J connectivity index is 0.000000592. The lowest BCUT2D eigenvalue weighted by Gasteiger charge is -2.15. The maximum Gasteiger partial charge on any atom is 0.490 e. The van der Waals surface area contributed by atoms with Gasteiger partial charge < -0.3 is 15.5 Å². The monoisotopic (exact) mass is 458 g/mol. The fourth-order valence-electron chi connectivity index (χ4n) is 1.70. The Morgan fingerprint density at radius 1 is 1.06 bits per heavy atom. The van der Waals surface area contributed by atoms with E-state index in [0.717, 1.165) is 6.07 Å². The van der Waals surface area contributed by atoms with Crippen LogP contribution in [0.1, 0.15) is 42.6 Å². The number of carbonyl (C=O) groups is 2. The van der Waals surface area contributed by atoms with Crippen molar-refractivity contribution >= 4 is 17.8 Å². The number of alkyl halides is 6. The van der Waals surface area contributed by atoms with E-state index in [-0.39, 0.29) is 12.4 Å². The molecule has 0 atom stereocenters. The number of aromatic carboxylic acids is 1. The molecule has 2 aromatic heterocycles. The van der Waals surface area contributed by atoms with Crippen LogP contribution in [0, 0.1) is 0 Å². The Morgan fingerprint density at radius 2 is 1.61 bits per heavy atom. The first-order valence-electron chi connectivity index (χ1n) is 8.08. The highest BCUT2D eigenvalue weighted by atomic mass is 19.4. The van der Waals surface area contributed by atoms with Gasteiger partial charge in [0.15, 0.2) is 11.5 Å². The molecule has 0 aliphatic rings. The predicted molar refractivity (Wildman–Crippen MR) is 90.0 cm³/mol. The zero-order valence-electron chi connectivity index (χ0n) is 16.1. The highest BCUT2D eigenvalue weighted by Gasteiger charge is 2.38. The van der Waals surface area contributed by atoms with Crippen molar-refractivity contribution < 1.29 is 46.1 Å². The van der Waals surface area contributed by atoms with Gasteiger partial charge in [-0.15, -0.1) is 10.2 Å². The zero-order chi connectivity index (χ0) is 24.2. The van der Waals surface area contributed by atoms with Crippen LogP contribution in [0.5, 0.6) is 0 Å². The van der Waals surface area contributed by atoms with Gasteiger partial charge in [-0.1, -0.05) is 0 Å². The molecular formula is C15H16F6N6O4. The Bertz CT molecular complexity index is 935. The topological polar surface area (TPSA) is 143 Å². The summed E-state index contributed by atoms with van der Waals surface area (Å²) in [5.74, 6) is -4.63. The first-order valence-corrected chi connectivity index (χ1v) is 8.08. The number of hydrogen-bond acceptors (Lipinski definition) is 7. The smallest absolute Gasteiger partial charge is 0.477 e. The molecule has 0 saturated heterocycles. The maximum absolute atomic E-state index is 13.0. The number of tetrazole rings is 1. The first-order chi connectivity index (χ1) is 13.9. The molecule has 0 unspecified atom stereocenters. The van der Waals surface area contributed by atoms with Crippen LogP contribution in [0.15, 0.2) is 12.1 Å². The van der Waals surface area contributed by atoms with Crippen molar-refractivity contribution in [1.29, 1.82) is 0 Å². The quantitative estimate of drug-likeness (QED) is 0.589. The lowest BCUT2D eigenvalue weighted by molar-refractivity contribution is -0.192. The minimum atomic E-state index is -5.08. The van der Waals surface area contributed by atoms with E-state index in [9.17, 15) is 31.1 Å². The lowest BCUT2D eigenvalue weighted by Crippen LogP contribution is -2.24. The second-order valence-corrected chi connectivity index (χ2v) is 6.72. The van der Waals surface area contributed by atoms with Gasteiger partial charge >= 0.3 is 24.3 Å². The number of nitrogens with one attached hydrogen (secondary N) is 1. The van der Waals surface area contributed by atoms with E-state index in [1.165, 1.54) is 4.80 Å². The van der Waals surface area contributed by atoms with E-state index >= 15 is 0 Å². The van der Waals surface area contributed by atoms with E-state index in [2.05, 4.69) is 25.7 Å². The number of aliphatic carboxylic acids is 1. The number of nitrogens with zero attached hydrogens (tertiary/aromatic N) is 5. The molecule has 16 heteroatoms. The minimum absolute atomic E-state index is 0.153. The number of carboxylic acid groups (broad SMARTS) is 2. The molecule has 172 valence electrons. The number of halogens is 6. The normalized spacial score (nSPS) is 12.0. The van der Waals surface area contributed by atoms with Crippen molar-refractivity contribution in [3.05, 3.63) is 29.2 Å². The summed E-state index contributed by atoms with van der Waals surface area (Å²) in [6.45, 7) is 5.33. The standard InChI is InChI=1S/C13H15F3N6O2.C2HF3O2/c1-12(2,3)22-20-9(19-21-22)6-17-10-7(13(14,15)16)4-5-8(18-10)11(23)24;3-2(4,5)1(6)7/h4-5H,6H2,1-3H3,(H,17,18)(H,23,24);(H,6,7). The third-order valence-corrected chi connectivity index (χ3v) is 3.13. The third-order valence-electron chi connectivity index (χ3n) is 3.13. The summed E-state index contributed by atoms with van der Waals surface area (Å²) in [6, 6.07) is 1.46. The Kier molecular flexibility index (Phi) is 7.53. The van der Waals surface area contributed by atoms with Crippen LogP contribution in [0.3, 0.4) is 0 Å². The molecule has 2 aromatic rings. The Labute approximate surface area is 169 Å². The fourth-order valence-corrected chi connectivity index (χ4v) is 1.70. The van der Waals surface area contributed by atoms with Crippen LogP contribution in [-0.4, -0.2) is 53.5 Å².